The van der Waals surface area contributed by atoms with Gasteiger partial charge < -0.3 is 10.4 Å². The summed E-state index contributed by atoms with van der Waals surface area (Å²) in [6.45, 7) is 3.70. The normalized spacial score (nSPS) is 18.1. The van der Waals surface area contributed by atoms with E-state index in [-0.39, 0.29) is 39.9 Å². The van der Waals surface area contributed by atoms with Crippen molar-refractivity contribution in [2.45, 2.75) is 62.7 Å². The Balaban J connectivity index is 1.63. The summed E-state index contributed by atoms with van der Waals surface area (Å²) in [6.07, 6.45) is -2.29. The van der Waals surface area contributed by atoms with Crippen LogP contribution < -0.4 is 10.0 Å². The Morgan fingerprint density at radius 1 is 1.00 bits per heavy atom. The van der Waals surface area contributed by atoms with Crippen LogP contribution in [0.5, 0.6) is 0 Å². The first-order valence-corrected chi connectivity index (χ1v) is 14.0. The van der Waals surface area contributed by atoms with Crippen LogP contribution in [0.2, 0.25) is 0 Å². The molecule has 12 heteroatoms. The summed E-state index contributed by atoms with van der Waals surface area (Å²) >= 11 is 0. The number of sulfonamides is 1. The summed E-state index contributed by atoms with van der Waals surface area (Å²) in [4.78, 5) is 19.6. The zero-order valence-electron chi connectivity index (χ0n) is 21.4. The van der Waals surface area contributed by atoms with Crippen molar-refractivity contribution in [2.75, 3.05) is 10.0 Å². The van der Waals surface area contributed by atoms with E-state index in [9.17, 15) is 31.5 Å². The Morgan fingerprint density at radius 3 is 2.44 bits per heavy atom. The fourth-order valence-corrected chi connectivity index (χ4v) is 5.73. The molecule has 3 aromatic rings. The van der Waals surface area contributed by atoms with Gasteiger partial charge in [-0.1, -0.05) is 50.6 Å². The van der Waals surface area contributed by atoms with Gasteiger partial charge in [-0.15, -0.1) is 0 Å². The molecule has 2 aromatic heterocycles. The highest BCUT2D eigenvalue weighted by atomic mass is 32.2. The average molecular weight is 563 g/mol. The second-order valence-corrected chi connectivity index (χ2v) is 11.5. The van der Waals surface area contributed by atoms with E-state index in [4.69, 9.17) is 0 Å². The molecule has 0 spiro atoms. The number of aliphatic carboxylic acids is 1. The summed E-state index contributed by atoms with van der Waals surface area (Å²) in [6, 6.07) is 12.5. The van der Waals surface area contributed by atoms with Gasteiger partial charge in [0, 0.05) is 11.6 Å². The van der Waals surface area contributed by atoms with Crippen LogP contribution in [0.1, 0.15) is 56.6 Å². The van der Waals surface area contributed by atoms with E-state index in [1.807, 2.05) is 13.8 Å². The van der Waals surface area contributed by atoms with Crippen LogP contribution in [-0.4, -0.2) is 35.5 Å². The zero-order chi connectivity index (χ0) is 28.4. The highest BCUT2D eigenvalue weighted by Crippen LogP contribution is 2.39. The Bertz CT molecular complexity index is 1460. The number of nitrogens with zero attached hydrogens (tertiary/aromatic N) is 2. The molecular formula is C27H29F3N4O4S. The molecule has 39 heavy (non-hydrogen) atoms. The van der Waals surface area contributed by atoms with Gasteiger partial charge in [-0.2, -0.15) is 21.6 Å². The number of rotatable bonds is 8. The van der Waals surface area contributed by atoms with Crippen molar-refractivity contribution in [1.29, 1.82) is 0 Å². The molecule has 1 aromatic carbocycles. The molecule has 0 unspecified atom stereocenters. The number of nitrogens with one attached hydrogen (secondary N) is 2. The number of alkyl halides is 3. The Kier molecular flexibility index (Phi) is 8.15. The largest absolute Gasteiger partial charge is 0.481 e. The molecule has 1 saturated carbocycles. The molecule has 4 rings (SSSR count). The number of carbonyl (C=O) groups is 1. The first kappa shape index (κ1) is 28.3. The molecule has 2 atom stereocenters. The van der Waals surface area contributed by atoms with Gasteiger partial charge >= 0.3 is 12.1 Å². The Labute approximate surface area is 224 Å². The fraction of sp³-hybridized carbons (Fsp3) is 0.370. The maximum Gasteiger partial charge on any atom is 0.418 e. The molecule has 0 saturated heterocycles. The van der Waals surface area contributed by atoms with Crippen LogP contribution in [-0.2, 0) is 21.0 Å². The first-order valence-electron chi connectivity index (χ1n) is 12.5. The van der Waals surface area contributed by atoms with E-state index < -0.39 is 33.7 Å². The monoisotopic (exact) mass is 562 g/mol. The molecule has 0 amide bonds. The summed E-state index contributed by atoms with van der Waals surface area (Å²) in [5.74, 6) is -1.48. The molecule has 8 nitrogen and oxygen atoms in total. The van der Waals surface area contributed by atoms with Gasteiger partial charge in [0.05, 0.1) is 17.2 Å². The van der Waals surface area contributed by atoms with Crippen LogP contribution in [0.25, 0.3) is 11.3 Å². The van der Waals surface area contributed by atoms with E-state index in [1.54, 1.807) is 24.3 Å². The van der Waals surface area contributed by atoms with Crippen molar-refractivity contribution in [3.05, 3.63) is 65.7 Å². The number of hydrogen-bond donors (Lipinski definition) is 3. The highest BCUT2D eigenvalue weighted by molar-refractivity contribution is 7.92. The van der Waals surface area contributed by atoms with E-state index in [0.29, 0.717) is 18.4 Å². The number of carboxylic acids is 1. The first-order chi connectivity index (χ1) is 18.3. The van der Waals surface area contributed by atoms with Crippen LogP contribution in [0.3, 0.4) is 0 Å². The predicted molar refractivity (Wildman–Crippen MR) is 141 cm³/mol. The van der Waals surface area contributed by atoms with Gasteiger partial charge in [0.25, 0.3) is 10.0 Å². The highest BCUT2D eigenvalue weighted by Gasteiger charge is 2.36. The lowest BCUT2D eigenvalue weighted by Crippen LogP contribution is -2.31. The minimum atomic E-state index is -4.70. The quantitative estimate of drug-likeness (QED) is 0.301. The number of carboxylic acid groups (broad SMARTS) is 1. The fourth-order valence-electron chi connectivity index (χ4n) is 4.76. The molecule has 2 heterocycles. The molecule has 0 radical (unpaired) electrons. The van der Waals surface area contributed by atoms with Crippen molar-refractivity contribution < 1.29 is 31.5 Å². The molecule has 1 aliphatic carbocycles. The third-order valence-electron chi connectivity index (χ3n) is 6.65. The smallest absolute Gasteiger partial charge is 0.418 e. The van der Waals surface area contributed by atoms with Crippen molar-refractivity contribution in [3.8, 4) is 11.3 Å². The van der Waals surface area contributed by atoms with E-state index in [2.05, 4.69) is 20.0 Å². The molecule has 1 fully saturated rings. The molecule has 3 N–H and O–H groups in total. The predicted octanol–water partition coefficient (Wildman–Crippen LogP) is 6.14. The van der Waals surface area contributed by atoms with Gasteiger partial charge in [0.2, 0.25) is 0 Å². The second-order valence-electron chi connectivity index (χ2n) is 9.84. The van der Waals surface area contributed by atoms with Crippen LogP contribution in [0.15, 0.2) is 59.6 Å². The van der Waals surface area contributed by atoms with Gasteiger partial charge in [-0.25, -0.2) is 9.97 Å². The molecule has 0 aliphatic heterocycles. The van der Waals surface area contributed by atoms with E-state index >= 15 is 0 Å². The lowest BCUT2D eigenvalue weighted by Gasteiger charge is -2.27. The van der Waals surface area contributed by atoms with Gasteiger partial charge in [0.1, 0.15) is 11.6 Å². The topological polar surface area (TPSA) is 121 Å². The molecule has 208 valence electrons. The van der Waals surface area contributed by atoms with Crippen LogP contribution in [0.4, 0.5) is 24.8 Å². The van der Waals surface area contributed by atoms with Crippen molar-refractivity contribution in [3.63, 3.8) is 0 Å². The van der Waals surface area contributed by atoms with Crippen molar-refractivity contribution >= 4 is 27.6 Å². The van der Waals surface area contributed by atoms with Gasteiger partial charge in [0.15, 0.2) is 5.03 Å². The number of benzene rings is 1. The zero-order valence-corrected chi connectivity index (χ0v) is 22.2. The summed E-state index contributed by atoms with van der Waals surface area (Å²) in [5, 5.41) is 12.1. The van der Waals surface area contributed by atoms with Crippen LogP contribution in [0, 0.1) is 5.92 Å². The minimum Gasteiger partial charge on any atom is -0.481 e. The Hall–Kier alpha value is -3.67. The summed E-state index contributed by atoms with van der Waals surface area (Å²) < 4.78 is 70.2. The SMILES string of the molecule is CC(C)c1ccccc1-c1nc(NS(=O)(=O)c2cccc(N[C@H]3CCC[C@H](C(=O)O)C3)n2)ccc1C(F)(F)F. The lowest BCUT2D eigenvalue weighted by atomic mass is 9.86. The number of aromatic nitrogens is 2. The van der Waals surface area contributed by atoms with Gasteiger partial charge in [-0.3, -0.25) is 9.52 Å². The maximum absolute atomic E-state index is 13.9. The molecule has 1 aliphatic rings. The average Bonchev–Trinajstić information content (AvgIpc) is 2.88. The number of hydrogen-bond acceptors (Lipinski definition) is 6. The van der Waals surface area contributed by atoms with Gasteiger partial charge in [-0.05, 0) is 55.0 Å². The third-order valence-corrected chi connectivity index (χ3v) is 7.91. The standard InChI is InChI=1S/C27H29F3N4O4S/c1-16(2)19-9-3-4-10-20(19)25-21(27(28,29)30)13-14-23(33-25)34-39(37,38)24-12-6-11-22(32-24)31-18-8-5-7-17(15-18)26(35)36/h3-4,6,9-14,16-18H,5,7-8,15H2,1-2H3,(H,31,32)(H,33,34)(H,35,36)/t17-,18-/m0/s1. The Morgan fingerprint density at radius 2 is 1.74 bits per heavy atom. The number of halogens is 3. The van der Waals surface area contributed by atoms with Crippen molar-refractivity contribution in [1.82, 2.24) is 9.97 Å². The van der Waals surface area contributed by atoms with E-state index in [1.165, 1.54) is 18.2 Å². The summed E-state index contributed by atoms with van der Waals surface area (Å²) in [7, 11) is -4.31. The molecule has 0 bridgehead atoms. The lowest BCUT2D eigenvalue weighted by molar-refractivity contribution is -0.143. The maximum atomic E-state index is 13.9. The molecular weight excluding hydrogens is 533 g/mol. The third kappa shape index (κ3) is 6.67. The second kappa shape index (κ2) is 11.2. The van der Waals surface area contributed by atoms with Crippen LogP contribution >= 0.6 is 0 Å². The summed E-state index contributed by atoms with van der Waals surface area (Å²) in [5.41, 5.74) is -0.447. The van der Waals surface area contributed by atoms with E-state index in [0.717, 1.165) is 25.0 Å². The van der Waals surface area contributed by atoms with Crippen molar-refractivity contribution in [2.24, 2.45) is 5.92 Å². The number of anilines is 2. The minimum absolute atomic E-state index is 0.0983. The number of pyridine rings is 2.